The Kier molecular flexibility index (Phi) is 4.58. The van der Waals surface area contributed by atoms with Gasteiger partial charge in [0, 0.05) is 16.3 Å². The SMILES string of the molecule is CCS(=O)(=O)CCC1CSCC1Br. The lowest BCUT2D eigenvalue weighted by Crippen LogP contribution is -2.18. The molecule has 1 fully saturated rings. The first-order chi connectivity index (χ1) is 6.05. The molecule has 13 heavy (non-hydrogen) atoms. The topological polar surface area (TPSA) is 34.1 Å². The van der Waals surface area contributed by atoms with Gasteiger partial charge in [0.2, 0.25) is 0 Å². The summed E-state index contributed by atoms with van der Waals surface area (Å²) in [6, 6.07) is 0. The molecule has 0 aromatic heterocycles. The van der Waals surface area contributed by atoms with E-state index in [0.717, 1.165) is 17.9 Å². The third-order valence-corrected chi connectivity index (χ3v) is 6.86. The van der Waals surface area contributed by atoms with Crippen molar-refractivity contribution < 1.29 is 8.42 Å². The van der Waals surface area contributed by atoms with Crippen LogP contribution >= 0.6 is 27.7 Å². The lowest BCUT2D eigenvalue weighted by Gasteiger charge is -2.11. The minimum Gasteiger partial charge on any atom is -0.229 e. The molecule has 1 rings (SSSR count). The van der Waals surface area contributed by atoms with Crippen molar-refractivity contribution in [3.05, 3.63) is 0 Å². The zero-order valence-electron chi connectivity index (χ0n) is 7.70. The molecule has 0 amide bonds. The number of halogens is 1. The Labute approximate surface area is 92.9 Å². The zero-order chi connectivity index (χ0) is 9.90. The van der Waals surface area contributed by atoms with Gasteiger partial charge in [-0.25, -0.2) is 8.42 Å². The molecule has 78 valence electrons. The van der Waals surface area contributed by atoms with E-state index in [1.54, 1.807) is 6.92 Å². The molecule has 1 heterocycles. The molecule has 0 spiro atoms. The largest absolute Gasteiger partial charge is 0.229 e. The summed E-state index contributed by atoms with van der Waals surface area (Å²) in [6.45, 7) is 1.71. The summed E-state index contributed by atoms with van der Waals surface area (Å²) >= 11 is 5.49. The minimum absolute atomic E-state index is 0.278. The third-order valence-electron chi connectivity index (χ3n) is 2.36. The molecule has 2 atom stereocenters. The molecule has 2 nitrogen and oxygen atoms in total. The fourth-order valence-corrected chi connectivity index (χ4v) is 4.86. The quantitative estimate of drug-likeness (QED) is 0.741. The molecule has 0 aromatic rings. The lowest BCUT2D eigenvalue weighted by atomic mass is 10.1. The van der Waals surface area contributed by atoms with Gasteiger partial charge in [-0.15, -0.1) is 0 Å². The van der Waals surface area contributed by atoms with Crippen LogP contribution in [0.2, 0.25) is 0 Å². The van der Waals surface area contributed by atoms with Crippen molar-refractivity contribution in [2.45, 2.75) is 18.2 Å². The highest BCUT2D eigenvalue weighted by Gasteiger charge is 2.26. The third kappa shape index (κ3) is 3.80. The van der Waals surface area contributed by atoms with E-state index in [9.17, 15) is 8.42 Å². The first kappa shape index (κ1) is 11.9. The molecular formula is C8H15BrO2S2. The zero-order valence-corrected chi connectivity index (χ0v) is 10.9. The van der Waals surface area contributed by atoms with Crippen molar-refractivity contribution in [2.24, 2.45) is 5.92 Å². The van der Waals surface area contributed by atoms with E-state index in [1.165, 1.54) is 0 Å². The van der Waals surface area contributed by atoms with Crippen LogP contribution in [0.5, 0.6) is 0 Å². The number of hydrogen-bond donors (Lipinski definition) is 0. The average molecular weight is 287 g/mol. The van der Waals surface area contributed by atoms with Crippen molar-refractivity contribution in [1.29, 1.82) is 0 Å². The van der Waals surface area contributed by atoms with Crippen LogP contribution in [0.3, 0.4) is 0 Å². The van der Waals surface area contributed by atoms with E-state index in [2.05, 4.69) is 15.9 Å². The van der Waals surface area contributed by atoms with E-state index in [4.69, 9.17) is 0 Å². The predicted octanol–water partition coefficient (Wildman–Crippen LogP) is 1.94. The molecule has 0 bridgehead atoms. The Morgan fingerprint density at radius 2 is 2.15 bits per heavy atom. The van der Waals surface area contributed by atoms with E-state index >= 15 is 0 Å². The van der Waals surface area contributed by atoms with E-state index < -0.39 is 9.84 Å². The van der Waals surface area contributed by atoms with Gasteiger partial charge < -0.3 is 0 Å². The summed E-state index contributed by atoms with van der Waals surface area (Å²) in [6.07, 6.45) is 0.819. The Balaban J connectivity index is 2.34. The van der Waals surface area contributed by atoms with Crippen LogP contribution in [0, 0.1) is 5.92 Å². The molecule has 0 saturated carbocycles. The fraction of sp³-hybridized carbons (Fsp3) is 1.00. The van der Waals surface area contributed by atoms with Gasteiger partial charge in [-0.3, -0.25) is 0 Å². The molecule has 0 aromatic carbocycles. The fourth-order valence-electron chi connectivity index (χ4n) is 1.31. The molecule has 1 aliphatic heterocycles. The summed E-state index contributed by atoms with van der Waals surface area (Å²) in [7, 11) is -2.76. The number of sulfone groups is 1. The Hall–Kier alpha value is 0.780. The normalized spacial score (nSPS) is 29.4. The summed E-state index contributed by atoms with van der Waals surface area (Å²) in [5.41, 5.74) is 0. The van der Waals surface area contributed by atoms with Gasteiger partial charge in [0.1, 0.15) is 9.84 Å². The smallest absolute Gasteiger partial charge is 0.150 e. The monoisotopic (exact) mass is 286 g/mol. The summed E-state index contributed by atoms with van der Waals surface area (Å²) in [5, 5.41) is 0. The van der Waals surface area contributed by atoms with Crippen LogP contribution in [0.1, 0.15) is 13.3 Å². The van der Waals surface area contributed by atoms with Crippen LogP contribution in [-0.4, -0.2) is 36.3 Å². The van der Waals surface area contributed by atoms with Crippen molar-refractivity contribution in [1.82, 2.24) is 0 Å². The van der Waals surface area contributed by atoms with Gasteiger partial charge in [0.15, 0.2) is 0 Å². The number of rotatable bonds is 4. The van der Waals surface area contributed by atoms with Crippen molar-refractivity contribution in [3.8, 4) is 0 Å². The standard InChI is InChI=1S/C8H15BrO2S2/c1-2-13(10,11)4-3-7-5-12-6-8(7)9/h7-8H,2-6H2,1H3. The van der Waals surface area contributed by atoms with Crippen molar-refractivity contribution in [2.75, 3.05) is 23.0 Å². The molecule has 0 aliphatic carbocycles. The first-order valence-corrected chi connectivity index (χ1v) is 8.36. The minimum atomic E-state index is -2.76. The first-order valence-electron chi connectivity index (χ1n) is 4.47. The maximum Gasteiger partial charge on any atom is 0.150 e. The Morgan fingerprint density at radius 1 is 1.46 bits per heavy atom. The number of alkyl halides is 1. The molecule has 0 radical (unpaired) electrons. The van der Waals surface area contributed by atoms with Crippen LogP contribution in [0.4, 0.5) is 0 Å². The van der Waals surface area contributed by atoms with Crippen molar-refractivity contribution >= 4 is 37.5 Å². The van der Waals surface area contributed by atoms with Gasteiger partial charge in [-0.1, -0.05) is 22.9 Å². The highest BCUT2D eigenvalue weighted by Crippen LogP contribution is 2.32. The van der Waals surface area contributed by atoms with Crippen LogP contribution in [0.15, 0.2) is 0 Å². The van der Waals surface area contributed by atoms with Crippen LogP contribution in [0.25, 0.3) is 0 Å². The van der Waals surface area contributed by atoms with Gasteiger partial charge in [-0.2, -0.15) is 11.8 Å². The summed E-state index contributed by atoms with van der Waals surface area (Å²) in [5.74, 6) is 3.41. The second-order valence-corrected chi connectivity index (χ2v) is 8.06. The second kappa shape index (κ2) is 5.03. The Bertz CT molecular complexity index is 251. The van der Waals surface area contributed by atoms with Gasteiger partial charge in [-0.05, 0) is 18.1 Å². The highest BCUT2D eigenvalue weighted by molar-refractivity contribution is 9.09. The molecule has 5 heteroatoms. The van der Waals surface area contributed by atoms with Gasteiger partial charge in [0.25, 0.3) is 0 Å². The molecular weight excluding hydrogens is 272 g/mol. The average Bonchev–Trinajstić information content (AvgIpc) is 2.48. The van der Waals surface area contributed by atoms with Crippen LogP contribution < -0.4 is 0 Å². The Morgan fingerprint density at radius 3 is 2.62 bits per heavy atom. The predicted molar refractivity (Wildman–Crippen MR) is 62.5 cm³/mol. The maximum absolute atomic E-state index is 11.2. The van der Waals surface area contributed by atoms with Gasteiger partial charge in [0.05, 0.1) is 5.75 Å². The van der Waals surface area contributed by atoms with E-state index in [0.29, 0.717) is 16.5 Å². The van der Waals surface area contributed by atoms with Crippen LogP contribution in [-0.2, 0) is 9.84 Å². The molecule has 1 aliphatic rings. The molecule has 1 saturated heterocycles. The summed E-state index contributed by atoms with van der Waals surface area (Å²) in [4.78, 5) is 0.518. The number of hydrogen-bond acceptors (Lipinski definition) is 3. The summed E-state index contributed by atoms with van der Waals surface area (Å²) < 4.78 is 22.5. The lowest BCUT2D eigenvalue weighted by molar-refractivity contribution is 0.565. The van der Waals surface area contributed by atoms with Crippen molar-refractivity contribution in [3.63, 3.8) is 0 Å². The highest BCUT2D eigenvalue weighted by atomic mass is 79.9. The second-order valence-electron chi connectivity index (χ2n) is 3.34. The molecule has 2 unspecified atom stereocenters. The maximum atomic E-state index is 11.2. The van der Waals surface area contributed by atoms with E-state index in [1.807, 2.05) is 11.8 Å². The number of thioether (sulfide) groups is 1. The van der Waals surface area contributed by atoms with Gasteiger partial charge >= 0.3 is 0 Å². The molecule has 0 N–H and O–H groups in total. The van der Waals surface area contributed by atoms with E-state index in [-0.39, 0.29) is 5.75 Å².